The Morgan fingerprint density at radius 3 is 2.76 bits per heavy atom. The van der Waals surface area contributed by atoms with E-state index in [1.54, 1.807) is 24.3 Å². The second-order valence-electron chi connectivity index (χ2n) is 4.42. The van der Waals surface area contributed by atoms with Crippen LogP contribution in [0.1, 0.15) is 18.4 Å². The summed E-state index contributed by atoms with van der Waals surface area (Å²) < 4.78 is 24.4. The molecule has 1 aromatic rings. The molecule has 1 saturated carbocycles. The molecule has 0 bridgehead atoms. The summed E-state index contributed by atoms with van der Waals surface area (Å²) in [6, 6.07) is 5.48. The quantitative estimate of drug-likeness (QED) is 0.915. The summed E-state index contributed by atoms with van der Waals surface area (Å²) in [7, 11) is -3.32. The zero-order valence-electron chi connectivity index (χ0n) is 9.11. The fourth-order valence-electron chi connectivity index (χ4n) is 1.95. The van der Waals surface area contributed by atoms with Crippen molar-refractivity contribution < 1.29 is 8.42 Å². The van der Waals surface area contributed by atoms with Crippen LogP contribution in [-0.2, 0) is 9.84 Å². The lowest BCUT2D eigenvalue weighted by Gasteiger charge is -2.04. The van der Waals surface area contributed by atoms with Gasteiger partial charge in [0.15, 0.2) is 0 Å². The van der Waals surface area contributed by atoms with Gasteiger partial charge in [-0.1, -0.05) is 17.7 Å². The van der Waals surface area contributed by atoms with Crippen LogP contribution in [0.5, 0.6) is 0 Å². The largest absolute Gasteiger partial charge is 0.309 e. The molecular weight excluding hydrogens is 258 g/mol. The maximum absolute atomic E-state index is 12.2. The lowest BCUT2D eigenvalue weighted by molar-refractivity contribution is 0.600. The Kier molecular flexibility index (Phi) is 2.54. The highest BCUT2D eigenvalue weighted by atomic mass is 35.5. The molecule has 0 atom stereocenters. The third kappa shape index (κ3) is 1.90. The fraction of sp³-hybridized carbons (Fsp3) is 0.333. The number of halogens is 1. The van der Waals surface area contributed by atoms with Crippen molar-refractivity contribution in [1.29, 1.82) is 0 Å². The van der Waals surface area contributed by atoms with Crippen molar-refractivity contribution in [2.24, 2.45) is 0 Å². The smallest absolute Gasteiger partial charge is 0.204 e. The van der Waals surface area contributed by atoms with Crippen molar-refractivity contribution in [3.8, 4) is 0 Å². The van der Waals surface area contributed by atoms with E-state index in [1.807, 2.05) is 0 Å². The molecule has 0 aromatic heterocycles. The van der Waals surface area contributed by atoms with Crippen LogP contribution in [0, 0.1) is 0 Å². The maximum Gasteiger partial charge on any atom is 0.204 e. The monoisotopic (exact) mass is 269 g/mol. The van der Waals surface area contributed by atoms with Crippen LogP contribution in [-0.4, -0.2) is 21.0 Å². The Bertz CT molecular complexity index is 603. The summed E-state index contributed by atoms with van der Waals surface area (Å²) in [5.41, 5.74) is 0.627. The number of hydrogen-bond donors (Lipinski definition) is 1. The first-order valence-corrected chi connectivity index (χ1v) is 7.43. The molecule has 1 aromatic carbocycles. The second-order valence-corrected chi connectivity index (χ2v) is 6.80. The predicted octanol–water partition coefficient (Wildman–Crippen LogP) is 2.22. The van der Waals surface area contributed by atoms with Crippen LogP contribution in [0.15, 0.2) is 28.0 Å². The number of sulfone groups is 1. The van der Waals surface area contributed by atoms with E-state index in [4.69, 9.17) is 11.6 Å². The molecule has 0 amide bonds. The van der Waals surface area contributed by atoms with Gasteiger partial charge in [0.25, 0.3) is 0 Å². The molecule has 1 heterocycles. The summed E-state index contributed by atoms with van der Waals surface area (Å²) in [6.07, 6.45) is 3.96. The van der Waals surface area contributed by atoms with Gasteiger partial charge in [0.05, 0.1) is 9.80 Å². The van der Waals surface area contributed by atoms with Crippen molar-refractivity contribution >= 4 is 27.5 Å². The van der Waals surface area contributed by atoms with Crippen LogP contribution < -0.4 is 5.32 Å². The Morgan fingerprint density at radius 1 is 1.35 bits per heavy atom. The molecule has 1 fully saturated rings. The molecule has 3 rings (SSSR count). The third-order valence-corrected chi connectivity index (χ3v) is 5.31. The molecule has 1 aliphatic heterocycles. The minimum Gasteiger partial charge on any atom is -0.309 e. The molecule has 1 aliphatic carbocycles. The van der Waals surface area contributed by atoms with Gasteiger partial charge in [-0.25, -0.2) is 8.42 Å². The highest BCUT2D eigenvalue weighted by Gasteiger charge is 2.31. The van der Waals surface area contributed by atoms with E-state index in [0.29, 0.717) is 33.0 Å². The van der Waals surface area contributed by atoms with Gasteiger partial charge in [0, 0.05) is 23.2 Å². The number of benzene rings is 1. The van der Waals surface area contributed by atoms with Crippen LogP contribution in [0.25, 0.3) is 6.08 Å². The van der Waals surface area contributed by atoms with Crippen molar-refractivity contribution in [3.63, 3.8) is 0 Å². The van der Waals surface area contributed by atoms with Gasteiger partial charge >= 0.3 is 0 Å². The highest BCUT2D eigenvalue weighted by Crippen LogP contribution is 2.36. The van der Waals surface area contributed by atoms with Gasteiger partial charge in [-0.2, -0.15) is 0 Å². The average Bonchev–Trinajstić information content (AvgIpc) is 3.05. The molecular formula is C12H12ClNO2S. The number of rotatable bonds is 3. The van der Waals surface area contributed by atoms with Crippen molar-refractivity contribution in [1.82, 2.24) is 5.32 Å². The SMILES string of the molecule is O=S1(=O)C(CNC2CC2)=Cc2c(Cl)cccc21. The van der Waals surface area contributed by atoms with Crippen molar-refractivity contribution in [2.45, 2.75) is 23.8 Å². The highest BCUT2D eigenvalue weighted by molar-refractivity contribution is 7.95. The Balaban J connectivity index is 1.97. The summed E-state index contributed by atoms with van der Waals surface area (Å²) in [5, 5.41) is 3.71. The second kappa shape index (κ2) is 3.83. The zero-order chi connectivity index (χ0) is 12.0. The maximum atomic E-state index is 12.2. The molecule has 0 saturated heterocycles. The van der Waals surface area contributed by atoms with E-state index < -0.39 is 9.84 Å². The van der Waals surface area contributed by atoms with E-state index in [2.05, 4.69) is 5.32 Å². The van der Waals surface area contributed by atoms with Gasteiger partial charge in [-0.05, 0) is 31.1 Å². The molecule has 1 N–H and O–H groups in total. The van der Waals surface area contributed by atoms with Crippen LogP contribution in [0.4, 0.5) is 0 Å². The van der Waals surface area contributed by atoms with Gasteiger partial charge in [-0.3, -0.25) is 0 Å². The average molecular weight is 270 g/mol. The van der Waals surface area contributed by atoms with E-state index in [0.717, 1.165) is 12.8 Å². The molecule has 0 unspecified atom stereocenters. The van der Waals surface area contributed by atoms with Gasteiger partial charge in [-0.15, -0.1) is 0 Å². The van der Waals surface area contributed by atoms with E-state index in [9.17, 15) is 8.42 Å². The molecule has 90 valence electrons. The number of hydrogen-bond acceptors (Lipinski definition) is 3. The van der Waals surface area contributed by atoms with E-state index in [-0.39, 0.29) is 0 Å². The standard InChI is InChI=1S/C12H12ClNO2S/c13-11-2-1-3-12-10(11)6-9(17(12,15)16)7-14-8-4-5-8/h1-3,6,8,14H,4-5,7H2. The Hall–Kier alpha value is -0.840. The minimum atomic E-state index is -3.32. The molecule has 2 aliphatic rings. The number of fused-ring (bicyclic) bond motifs is 1. The van der Waals surface area contributed by atoms with Gasteiger partial charge in [0.1, 0.15) is 0 Å². The van der Waals surface area contributed by atoms with Crippen molar-refractivity contribution in [2.75, 3.05) is 6.54 Å². The first-order chi connectivity index (χ1) is 8.09. The third-order valence-electron chi connectivity index (χ3n) is 3.10. The Labute approximate surface area is 105 Å². The molecule has 3 nitrogen and oxygen atoms in total. The van der Waals surface area contributed by atoms with E-state index in [1.165, 1.54) is 0 Å². The Morgan fingerprint density at radius 2 is 2.12 bits per heavy atom. The summed E-state index contributed by atoms with van der Waals surface area (Å²) >= 11 is 6.01. The normalized spacial score (nSPS) is 21.1. The first-order valence-electron chi connectivity index (χ1n) is 5.56. The van der Waals surface area contributed by atoms with Crippen LogP contribution >= 0.6 is 11.6 Å². The first kappa shape index (κ1) is 11.3. The zero-order valence-corrected chi connectivity index (χ0v) is 10.7. The topological polar surface area (TPSA) is 46.2 Å². The molecule has 0 radical (unpaired) electrons. The van der Waals surface area contributed by atoms with Crippen LogP contribution in [0.3, 0.4) is 0 Å². The van der Waals surface area contributed by atoms with Gasteiger partial charge < -0.3 is 5.32 Å². The summed E-state index contributed by atoms with van der Waals surface area (Å²) in [4.78, 5) is 0.755. The minimum absolute atomic E-state index is 0.331. The lowest BCUT2D eigenvalue weighted by atomic mass is 10.2. The van der Waals surface area contributed by atoms with Crippen LogP contribution in [0.2, 0.25) is 5.02 Å². The summed E-state index contributed by atoms with van der Waals surface area (Å²) in [6.45, 7) is 0.401. The van der Waals surface area contributed by atoms with Gasteiger partial charge in [0.2, 0.25) is 9.84 Å². The molecule has 5 heteroatoms. The summed E-state index contributed by atoms with van der Waals surface area (Å²) in [5.74, 6) is 0. The lowest BCUT2D eigenvalue weighted by Crippen LogP contribution is -2.21. The van der Waals surface area contributed by atoms with E-state index >= 15 is 0 Å². The predicted molar refractivity (Wildman–Crippen MR) is 67.6 cm³/mol. The molecule has 17 heavy (non-hydrogen) atoms. The molecule has 0 spiro atoms. The number of nitrogens with one attached hydrogen (secondary N) is 1. The van der Waals surface area contributed by atoms with Crippen molar-refractivity contribution in [3.05, 3.63) is 33.7 Å². The fourth-order valence-corrected chi connectivity index (χ4v) is 3.78.